The van der Waals surface area contributed by atoms with Gasteiger partial charge in [-0.25, -0.2) is 0 Å². The minimum absolute atomic E-state index is 0.354. The quantitative estimate of drug-likeness (QED) is 0.593. The van der Waals surface area contributed by atoms with E-state index < -0.39 is 0 Å². The Balaban J connectivity index is 1.70. The molecule has 2 fully saturated rings. The average Bonchev–Trinajstić information content (AvgIpc) is 2.84. The van der Waals surface area contributed by atoms with E-state index in [1.54, 1.807) is 11.1 Å². The second-order valence-electron chi connectivity index (χ2n) is 8.11. The maximum atomic E-state index is 11.7. The molecule has 0 aromatic heterocycles. The number of allylic oxidation sites excluding steroid dienone is 6. The number of rotatable bonds is 1. The van der Waals surface area contributed by atoms with Gasteiger partial charge in [0.25, 0.3) is 0 Å². The summed E-state index contributed by atoms with van der Waals surface area (Å²) < 4.78 is 0. The van der Waals surface area contributed by atoms with E-state index in [9.17, 15) is 4.79 Å². The van der Waals surface area contributed by atoms with Gasteiger partial charge < -0.3 is 0 Å². The van der Waals surface area contributed by atoms with E-state index in [0.29, 0.717) is 11.2 Å². The Hall–Kier alpha value is -1.11. The van der Waals surface area contributed by atoms with Crippen molar-refractivity contribution in [2.45, 2.75) is 65.2 Å². The highest BCUT2D eigenvalue weighted by atomic mass is 16.1. The largest absolute Gasteiger partial charge is 0.295 e. The van der Waals surface area contributed by atoms with Gasteiger partial charge in [0.1, 0.15) is 0 Å². The lowest BCUT2D eigenvalue weighted by Crippen LogP contribution is -2.39. The van der Waals surface area contributed by atoms with Gasteiger partial charge in [0.2, 0.25) is 0 Å². The standard InChI is InChI=1S/C21H28O/c1-3-4-15-6-10-20-19-8-5-14-13-16(22)7-9-17(14)18(19)11-12-21(15,20)2/h3-4,13,15,19-20H,5-12H2,1-2H3/t15-,19-,20+,21-/m1/s1. The molecule has 118 valence electrons. The van der Waals surface area contributed by atoms with E-state index in [1.165, 1.54) is 37.7 Å². The lowest BCUT2D eigenvalue weighted by atomic mass is 9.56. The predicted molar refractivity (Wildman–Crippen MR) is 90.4 cm³/mol. The van der Waals surface area contributed by atoms with Crippen LogP contribution in [0.1, 0.15) is 65.2 Å². The first-order valence-electron chi connectivity index (χ1n) is 9.22. The van der Waals surface area contributed by atoms with Gasteiger partial charge in [-0.1, -0.05) is 24.6 Å². The first kappa shape index (κ1) is 14.5. The second-order valence-corrected chi connectivity index (χ2v) is 8.11. The third-order valence-corrected chi connectivity index (χ3v) is 7.23. The molecule has 2 saturated carbocycles. The highest BCUT2D eigenvalue weighted by molar-refractivity contribution is 5.93. The zero-order valence-corrected chi connectivity index (χ0v) is 14.0. The Morgan fingerprint density at radius 2 is 2.00 bits per heavy atom. The third-order valence-electron chi connectivity index (χ3n) is 7.23. The van der Waals surface area contributed by atoms with E-state index in [4.69, 9.17) is 0 Å². The van der Waals surface area contributed by atoms with Crippen molar-refractivity contribution in [3.8, 4) is 0 Å². The van der Waals surface area contributed by atoms with Gasteiger partial charge in [0, 0.05) is 6.42 Å². The molecule has 0 aromatic carbocycles. The number of carbonyl (C=O) groups is 1. The van der Waals surface area contributed by atoms with Crippen LogP contribution in [0.2, 0.25) is 0 Å². The molecule has 0 aliphatic heterocycles. The van der Waals surface area contributed by atoms with Gasteiger partial charge in [-0.05, 0) is 92.3 Å². The Morgan fingerprint density at radius 1 is 1.14 bits per heavy atom. The molecule has 4 rings (SSSR count). The van der Waals surface area contributed by atoms with Crippen LogP contribution in [0.25, 0.3) is 0 Å². The average molecular weight is 296 g/mol. The smallest absolute Gasteiger partial charge is 0.156 e. The van der Waals surface area contributed by atoms with Crippen LogP contribution in [0.5, 0.6) is 0 Å². The molecule has 0 amide bonds. The summed E-state index contributed by atoms with van der Waals surface area (Å²) in [5.41, 5.74) is 5.28. The summed E-state index contributed by atoms with van der Waals surface area (Å²) in [7, 11) is 0. The molecule has 4 aliphatic rings. The Bertz CT molecular complexity index is 591. The fourth-order valence-corrected chi connectivity index (χ4v) is 6.12. The predicted octanol–water partition coefficient (Wildman–Crippen LogP) is 5.38. The molecular formula is C21H28O. The lowest BCUT2D eigenvalue weighted by Gasteiger charge is -2.49. The molecule has 4 atom stereocenters. The molecule has 0 N–H and O–H groups in total. The van der Waals surface area contributed by atoms with Crippen molar-refractivity contribution in [2.75, 3.05) is 0 Å². The van der Waals surface area contributed by atoms with Crippen LogP contribution in [-0.4, -0.2) is 5.78 Å². The molecule has 0 radical (unpaired) electrons. The monoisotopic (exact) mass is 296 g/mol. The molecule has 0 aromatic rings. The third kappa shape index (κ3) is 2.01. The van der Waals surface area contributed by atoms with Crippen LogP contribution < -0.4 is 0 Å². The highest BCUT2D eigenvalue weighted by Gasteiger charge is 2.52. The Morgan fingerprint density at radius 3 is 2.82 bits per heavy atom. The number of hydrogen-bond donors (Lipinski definition) is 0. The van der Waals surface area contributed by atoms with Crippen molar-refractivity contribution in [1.29, 1.82) is 0 Å². The summed E-state index contributed by atoms with van der Waals surface area (Å²) in [6, 6.07) is 0. The van der Waals surface area contributed by atoms with Crippen LogP contribution in [0.15, 0.2) is 34.9 Å². The van der Waals surface area contributed by atoms with Crippen LogP contribution >= 0.6 is 0 Å². The normalized spacial score (nSPS) is 41.3. The van der Waals surface area contributed by atoms with Gasteiger partial charge in [0.05, 0.1) is 0 Å². The Labute approximate surface area is 134 Å². The van der Waals surface area contributed by atoms with Crippen molar-refractivity contribution < 1.29 is 4.79 Å². The molecule has 4 aliphatic carbocycles. The molecular weight excluding hydrogens is 268 g/mol. The summed E-state index contributed by atoms with van der Waals surface area (Å²) in [6.07, 6.45) is 16.3. The van der Waals surface area contributed by atoms with Crippen LogP contribution in [-0.2, 0) is 4.79 Å². The topological polar surface area (TPSA) is 17.1 Å². The summed E-state index contributed by atoms with van der Waals surface area (Å²) in [5, 5.41) is 0. The van der Waals surface area contributed by atoms with E-state index in [0.717, 1.165) is 37.0 Å². The maximum absolute atomic E-state index is 11.7. The molecule has 0 heterocycles. The van der Waals surface area contributed by atoms with Crippen molar-refractivity contribution >= 4 is 5.78 Å². The first-order valence-corrected chi connectivity index (χ1v) is 9.22. The number of ketones is 1. The fraction of sp³-hybridized carbons (Fsp3) is 0.667. The first-order chi connectivity index (χ1) is 10.6. The van der Waals surface area contributed by atoms with Gasteiger partial charge in [-0.3, -0.25) is 4.79 Å². The van der Waals surface area contributed by atoms with Gasteiger partial charge in [-0.15, -0.1) is 0 Å². The van der Waals surface area contributed by atoms with Crippen molar-refractivity contribution in [2.24, 2.45) is 23.2 Å². The fourth-order valence-electron chi connectivity index (χ4n) is 6.12. The zero-order valence-electron chi connectivity index (χ0n) is 14.0. The molecule has 22 heavy (non-hydrogen) atoms. The van der Waals surface area contributed by atoms with Crippen LogP contribution in [0.3, 0.4) is 0 Å². The summed E-state index contributed by atoms with van der Waals surface area (Å²) >= 11 is 0. The SMILES string of the molecule is CC=C[C@@H]1CC[C@H]2[C@@H]3CCC4=CC(=O)CCC4=C3CC[C@]12C. The number of hydrogen-bond acceptors (Lipinski definition) is 1. The minimum Gasteiger partial charge on any atom is -0.295 e. The molecule has 1 nitrogen and oxygen atoms in total. The van der Waals surface area contributed by atoms with Crippen LogP contribution in [0.4, 0.5) is 0 Å². The van der Waals surface area contributed by atoms with Crippen molar-refractivity contribution in [3.05, 3.63) is 34.9 Å². The van der Waals surface area contributed by atoms with Crippen molar-refractivity contribution in [3.63, 3.8) is 0 Å². The summed E-state index contributed by atoms with van der Waals surface area (Å²) in [5.74, 6) is 2.84. The van der Waals surface area contributed by atoms with Gasteiger partial charge in [-0.2, -0.15) is 0 Å². The lowest BCUT2D eigenvalue weighted by molar-refractivity contribution is -0.114. The van der Waals surface area contributed by atoms with E-state index >= 15 is 0 Å². The van der Waals surface area contributed by atoms with E-state index in [2.05, 4.69) is 26.0 Å². The number of fused-ring (bicyclic) bond motifs is 4. The van der Waals surface area contributed by atoms with Crippen molar-refractivity contribution in [1.82, 2.24) is 0 Å². The minimum atomic E-state index is 0.354. The molecule has 0 saturated heterocycles. The maximum Gasteiger partial charge on any atom is 0.156 e. The molecule has 0 bridgehead atoms. The zero-order chi connectivity index (χ0) is 15.3. The number of carbonyl (C=O) groups excluding carboxylic acids is 1. The molecule has 0 unspecified atom stereocenters. The highest BCUT2D eigenvalue weighted by Crippen LogP contribution is 2.62. The second kappa shape index (κ2) is 5.22. The van der Waals surface area contributed by atoms with Crippen LogP contribution in [0, 0.1) is 23.2 Å². The van der Waals surface area contributed by atoms with E-state index in [-0.39, 0.29) is 0 Å². The summed E-state index contributed by atoms with van der Waals surface area (Å²) in [6.45, 7) is 4.73. The van der Waals surface area contributed by atoms with E-state index in [1.807, 2.05) is 6.08 Å². The van der Waals surface area contributed by atoms with Gasteiger partial charge in [0.15, 0.2) is 5.78 Å². The molecule has 1 heteroatoms. The summed E-state index contributed by atoms with van der Waals surface area (Å²) in [4.78, 5) is 11.7. The molecule has 0 spiro atoms. The van der Waals surface area contributed by atoms with Gasteiger partial charge >= 0.3 is 0 Å². The Kier molecular flexibility index (Phi) is 3.43.